The number of nitrogens with zero attached hydrogens (tertiary/aromatic N) is 1. The van der Waals surface area contributed by atoms with E-state index in [0.29, 0.717) is 5.57 Å². The summed E-state index contributed by atoms with van der Waals surface area (Å²) in [6.07, 6.45) is 0. The zero-order valence-electron chi connectivity index (χ0n) is 6.56. The first-order valence-electron chi connectivity index (χ1n) is 2.98. The van der Waals surface area contributed by atoms with Gasteiger partial charge in [0.1, 0.15) is 0 Å². The quantitative estimate of drug-likeness (QED) is 0.419. The fraction of sp³-hybridized carbons (Fsp3) is 0.500. The van der Waals surface area contributed by atoms with Gasteiger partial charge in [-0.3, -0.25) is 4.79 Å². The number of hydrazine groups is 2. The lowest BCUT2D eigenvalue weighted by Gasteiger charge is -2.18. The minimum atomic E-state index is -0.162. The molecule has 58 valence electrons. The van der Waals surface area contributed by atoms with Crippen LogP contribution in [0.25, 0.3) is 0 Å². The number of amides is 1. The molecule has 0 aromatic heterocycles. The van der Waals surface area contributed by atoms with Gasteiger partial charge in [0.15, 0.2) is 0 Å². The van der Waals surface area contributed by atoms with Crippen LogP contribution < -0.4 is 10.9 Å². The number of carbonyl (C=O) groups excluding carboxylic acids is 1. The zero-order valence-corrected chi connectivity index (χ0v) is 6.56. The van der Waals surface area contributed by atoms with E-state index in [9.17, 15) is 4.79 Å². The number of hydrogen-bond donors (Lipinski definition) is 2. The van der Waals surface area contributed by atoms with Crippen LogP contribution in [0.4, 0.5) is 0 Å². The molecule has 0 rings (SSSR count). The Morgan fingerprint density at radius 2 is 1.80 bits per heavy atom. The molecule has 0 spiro atoms. The zero-order chi connectivity index (χ0) is 8.15. The molecule has 0 aliphatic heterocycles. The number of carbonyl (C=O) groups is 1. The smallest absolute Gasteiger partial charge is 0.267 e. The van der Waals surface area contributed by atoms with E-state index in [1.54, 1.807) is 21.0 Å². The SMILES string of the molecule is C=C(C)C(=O)N(NC)NC. The van der Waals surface area contributed by atoms with Gasteiger partial charge in [-0.25, -0.2) is 16.0 Å². The summed E-state index contributed by atoms with van der Waals surface area (Å²) in [6, 6.07) is 0. The van der Waals surface area contributed by atoms with Crippen LogP contribution in [0.15, 0.2) is 12.2 Å². The molecular weight excluding hydrogens is 130 g/mol. The standard InChI is InChI=1S/C6H13N3O/c1-5(2)6(10)9(7-3)8-4/h7-8H,1H2,2-4H3. The van der Waals surface area contributed by atoms with E-state index >= 15 is 0 Å². The Morgan fingerprint density at radius 3 is 1.90 bits per heavy atom. The molecule has 0 fully saturated rings. The van der Waals surface area contributed by atoms with Crippen LogP contribution in [0.5, 0.6) is 0 Å². The van der Waals surface area contributed by atoms with Crippen molar-refractivity contribution in [3.8, 4) is 0 Å². The maximum atomic E-state index is 11.0. The van der Waals surface area contributed by atoms with Crippen LogP contribution in [-0.4, -0.2) is 25.1 Å². The van der Waals surface area contributed by atoms with E-state index in [0.717, 1.165) is 0 Å². The topological polar surface area (TPSA) is 44.4 Å². The first-order chi connectivity index (χ1) is 4.63. The summed E-state index contributed by atoms with van der Waals surface area (Å²) < 4.78 is 0. The fourth-order valence-electron chi connectivity index (χ4n) is 0.506. The molecule has 2 N–H and O–H groups in total. The van der Waals surface area contributed by atoms with Crippen LogP contribution in [0.3, 0.4) is 0 Å². The first-order valence-corrected chi connectivity index (χ1v) is 2.98. The maximum Gasteiger partial charge on any atom is 0.277 e. The molecular formula is C6H13N3O. The summed E-state index contributed by atoms with van der Waals surface area (Å²) in [4.78, 5) is 11.0. The Kier molecular flexibility index (Phi) is 3.68. The van der Waals surface area contributed by atoms with Crippen LogP contribution >= 0.6 is 0 Å². The minimum absolute atomic E-state index is 0.162. The van der Waals surface area contributed by atoms with Gasteiger partial charge in [-0.1, -0.05) is 6.58 Å². The van der Waals surface area contributed by atoms with E-state index in [-0.39, 0.29) is 5.91 Å². The molecule has 0 unspecified atom stereocenters. The Morgan fingerprint density at radius 1 is 1.40 bits per heavy atom. The second kappa shape index (κ2) is 4.03. The molecule has 1 amide bonds. The highest BCUT2D eigenvalue weighted by molar-refractivity contribution is 5.91. The third-order valence-electron chi connectivity index (χ3n) is 1.02. The molecule has 0 aliphatic rings. The lowest BCUT2D eigenvalue weighted by atomic mass is 10.3. The molecule has 0 saturated heterocycles. The van der Waals surface area contributed by atoms with Gasteiger partial charge in [-0.05, 0) is 6.92 Å². The van der Waals surface area contributed by atoms with Crippen molar-refractivity contribution in [2.45, 2.75) is 6.92 Å². The van der Waals surface area contributed by atoms with E-state index in [1.807, 2.05) is 0 Å². The van der Waals surface area contributed by atoms with E-state index < -0.39 is 0 Å². The fourth-order valence-corrected chi connectivity index (χ4v) is 0.506. The first kappa shape index (κ1) is 9.13. The van der Waals surface area contributed by atoms with Gasteiger partial charge in [0.25, 0.3) is 5.91 Å². The van der Waals surface area contributed by atoms with Crippen LogP contribution in [0, 0.1) is 0 Å². The van der Waals surface area contributed by atoms with E-state index in [2.05, 4.69) is 17.4 Å². The summed E-state index contributed by atoms with van der Waals surface area (Å²) in [7, 11) is 3.30. The Labute approximate surface area is 60.8 Å². The van der Waals surface area contributed by atoms with Crippen molar-refractivity contribution < 1.29 is 4.79 Å². The predicted octanol–water partition coefficient (Wildman–Crippen LogP) is -0.340. The summed E-state index contributed by atoms with van der Waals surface area (Å²) in [5.41, 5.74) is 5.78. The van der Waals surface area contributed by atoms with Crippen molar-refractivity contribution in [1.29, 1.82) is 0 Å². The van der Waals surface area contributed by atoms with Crippen molar-refractivity contribution in [2.75, 3.05) is 14.1 Å². The van der Waals surface area contributed by atoms with Crippen molar-refractivity contribution in [2.24, 2.45) is 0 Å². The lowest BCUT2D eigenvalue weighted by Crippen LogP contribution is -2.48. The Hall–Kier alpha value is -0.870. The van der Waals surface area contributed by atoms with Crippen LogP contribution in [0.2, 0.25) is 0 Å². The van der Waals surface area contributed by atoms with E-state index in [1.165, 1.54) is 5.12 Å². The molecule has 0 aliphatic carbocycles. The third-order valence-corrected chi connectivity index (χ3v) is 1.02. The van der Waals surface area contributed by atoms with Gasteiger partial charge in [0.05, 0.1) is 0 Å². The van der Waals surface area contributed by atoms with Gasteiger partial charge in [0, 0.05) is 19.7 Å². The highest BCUT2D eigenvalue weighted by atomic mass is 16.2. The van der Waals surface area contributed by atoms with Crippen LogP contribution in [0.1, 0.15) is 6.92 Å². The highest BCUT2D eigenvalue weighted by Gasteiger charge is 2.08. The van der Waals surface area contributed by atoms with Gasteiger partial charge in [-0.15, -0.1) is 0 Å². The molecule has 0 bridgehead atoms. The molecule has 4 heteroatoms. The average Bonchev–Trinajstić information content (AvgIpc) is 1.90. The number of hydrogen-bond acceptors (Lipinski definition) is 3. The Bertz CT molecular complexity index is 140. The molecule has 10 heavy (non-hydrogen) atoms. The second-order valence-electron chi connectivity index (χ2n) is 1.87. The molecule has 0 aromatic rings. The Balaban J connectivity index is 4.02. The molecule has 0 radical (unpaired) electrons. The number of nitrogens with one attached hydrogen (secondary N) is 2. The summed E-state index contributed by atoms with van der Waals surface area (Å²) in [5.74, 6) is -0.162. The van der Waals surface area contributed by atoms with Gasteiger partial charge >= 0.3 is 0 Å². The molecule has 0 atom stereocenters. The highest BCUT2D eigenvalue weighted by Crippen LogP contribution is 1.90. The summed E-state index contributed by atoms with van der Waals surface area (Å²) >= 11 is 0. The third kappa shape index (κ3) is 2.16. The summed E-state index contributed by atoms with van der Waals surface area (Å²) in [6.45, 7) is 5.16. The molecule has 0 saturated carbocycles. The molecule has 0 aromatic carbocycles. The number of rotatable bonds is 3. The van der Waals surface area contributed by atoms with Crippen LogP contribution in [-0.2, 0) is 4.79 Å². The minimum Gasteiger partial charge on any atom is -0.267 e. The second-order valence-corrected chi connectivity index (χ2v) is 1.87. The maximum absolute atomic E-state index is 11.0. The average molecular weight is 143 g/mol. The largest absolute Gasteiger partial charge is 0.277 e. The molecule has 0 heterocycles. The summed E-state index contributed by atoms with van der Waals surface area (Å²) in [5, 5.41) is 1.25. The lowest BCUT2D eigenvalue weighted by molar-refractivity contribution is -0.132. The predicted molar refractivity (Wildman–Crippen MR) is 39.8 cm³/mol. The van der Waals surface area contributed by atoms with Crippen molar-refractivity contribution in [1.82, 2.24) is 16.0 Å². The monoisotopic (exact) mass is 143 g/mol. The molecule has 4 nitrogen and oxygen atoms in total. The van der Waals surface area contributed by atoms with Gasteiger partial charge < -0.3 is 0 Å². The van der Waals surface area contributed by atoms with Gasteiger partial charge in [-0.2, -0.15) is 0 Å². The normalized spacial score (nSPS) is 9.10. The van der Waals surface area contributed by atoms with Gasteiger partial charge in [0.2, 0.25) is 0 Å². The van der Waals surface area contributed by atoms with Crippen molar-refractivity contribution in [3.05, 3.63) is 12.2 Å². The van der Waals surface area contributed by atoms with Crippen molar-refractivity contribution in [3.63, 3.8) is 0 Å². The van der Waals surface area contributed by atoms with Crippen molar-refractivity contribution >= 4 is 5.91 Å². The van der Waals surface area contributed by atoms with E-state index in [4.69, 9.17) is 0 Å².